The van der Waals surface area contributed by atoms with Gasteiger partial charge in [-0.15, -0.1) is 0 Å². The lowest BCUT2D eigenvalue weighted by atomic mass is 10.1. The number of anilines is 4. The molecule has 0 amide bonds. The number of hydrogen-bond acceptors (Lipinski definition) is 8. The second kappa shape index (κ2) is 9.22. The van der Waals surface area contributed by atoms with E-state index in [0.29, 0.717) is 29.3 Å². The maximum Gasteiger partial charge on any atom is 0.229 e. The molecule has 1 saturated heterocycles. The third-order valence-corrected chi connectivity index (χ3v) is 5.46. The average molecular weight is 425 g/mol. The molecule has 0 saturated carbocycles. The number of methoxy groups -OCH3 is 2. The molecule has 1 aromatic carbocycles. The van der Waals surface area contributed by atoms with Gasteiger partial charge in [-0.1, -0.05) is 0 Å². The van der Waals surface area contributed by atoms with Crippen molar-refractivity contribution in [1.82, 2.24) is 19.7 Å². The molecule has 1 aliphatic rings. The van der Waals surface area contributed by atoms with Crippen molar-refractivity contribution in [3.05, 3.63) is 41.7 Å². The average Bonchev–Trinajstić information content (AvgIpc) is 3.08. The third kappa shape index (κ3) is 4.56. The Bertz CT molecular complexity index is 1050. The number of hydrogen-bond donors (Lipinski definition) is 2. The van der Waals surface area contributed by atoms with Gasteiger partial charge in [0.25, 0.3) is 0 Å². The standard InChI is InChI=1S/C22H28N6O3/c1-14-15(2)27-28(17-8-11-31-12-9-17)21(14)25-20-7-10-23-22(26-20)24-16-5-6-18(29-3)19(13-16)30-4/h5-7,10,13,17H,8-9,11-12H2,1-4H3,(H2,23,24,25,26). The van der Waals surface area contributed by atoms with Crippen molar-refractivity contribution in [2.75, 3.05) is 38.1 Å². The van der Waals surface area contributed by atoms with Crippen LogP contribution in [-0.4, -0.2) is 47.2 Å². The van der Waals surface area contributed by atoms with Crippen LogP contribution in [0.25, 0.3) is 0 Å². The molecule has 3 heterocycles. The zero-order valence-corrected chi connectivity index (χ0v) is 18.3. The van der Waals surface area contributed by atoms with Crippen molar-refractivity contribution >= 4 is 23.3 Å². The Hall–Kier alpha value is -3.33. The molecule has 1 aliphatic heterocycles. The molecular formula is C22H28N6O3. The molecule has 9 nitrogen and oxygen atoms in total. The molecule has 0 bridgehead atoms. The molecule has 31 heavy (non-hydrogen) atoms. The molecular weight excluding hydrogens is 396 g/mol. The topological polar surface area (TPSA) is 95.4 Å². The van der Waals surface area contributed by atoms with Gasteiger partial charge in [0.15, 0.2) is 11.5 Å². The number of ether oxygens (including phenoxy) is 3. The lowest BCUT2D eigenvalue weighted by Crippen LogP contribution is -2.21. The smallest absolute Gasteiger partial charge is 0.229 e. The molecule has 1 fully saturated rings. The van der Waals surface area contributed by atoms with Gasteiger partial charge >= 0.3 is 0 Å². The van der Waals surface area contributed by atoms with Crippen LogP contribution in [0.2, 0.25) is 0 Å². The van der Waals surface area contributed by atoms with Crippen molar-refractivity contribution in [3.8, 4) is 11.5 Å². The molecule has 3 aromatic rings. The summed E-state index contributed by atoms with van der Waals surface area (Å²) in [5.74, 6) is 3.42. The Kier molecular flexibility index (Phi) is 6.22. The highest BCUT2D eigenvalue weighted by molar-refractivity contribution is 5.62. The second-order valence-electron chi connectivity index (χ2n) is 7.43. The van der Waals surface area contributed by atoms with E-state index in [-0.39, 0.29) is 0 Å². The summed E-state index contributed by atoms with van der Waals surface area (Å²) >= 11 is 0. The molecule has 164 valence electrons. The molecule has 0 unspecified atom stereocenters. The van der Waals surface area contributed by atoms with Gasteiger partial charge in [0.2, 0.25) is 5.95 Å². The molecule has 9 heteroatoms. The van der Waals surface area contributed by atoms with Crippen molar-refractivity contribution in [3.63, 3.8) is 0 Å². The number of nitrogens with zero attached hydrogens (tertiary/aromatic N) is 4. The van der Waals surface area contributed by atoms with Crippen LogP contribution < -0.4 is 20.1 Å². The minimum atomic E-state index is 0.315. The quantitative estimate of drug-likeness (QED) is 0.584. The molecule has 0 spiro atoms. The van der Waals surface area contributed by atoms with E-state index in [4.69, 9.17) is 19.3 Å². The Morgan fingerprint density at radius 2 is 1.81 bits per heavy atom. The molecule has 0 radical (unpaired) electrons. The van der Waals surface area contributed by atoms with Gasteiger partial charge in [0.05, 0.1) is 26.0 Å². The van der Waals surface area contributed by atoms with E-state index >= 15 is 0 Å². The van der Waals surface area contributed by atoms with E-state index in [2.05, 4.69) is 32.2 Å². The number of nitrogens with one attached hydrogen (secondary N) is 2. The number of benzene rings is 1. The zero-order valence-electron chi connectivity index (χ0n) is 18.3. The summed E-state index contributed by atoms with van der Waals surface area (Å²) in [6.45, 7) is 5.62. The van der Waals surface area contributed by atoms with Crippen LogP contribution >= 0.6 is 0 Å². The Labute approximate surface area is 181 Å². The summed E-state index contributed by atoms with van der Waals surface area (Å²) in [6, 6.07) is 7.72. The largest absolute Gasteiger partial charge is 0.493 e. The lowest BCUT2D eigenvalue weighted by Gasteiger charge is -2.24. The Morgan fingerprint density at radius 1 is 1.03 bits per heavy atom. The van der Waals surface area contributed by atoms with Crippen LogP contribution in [0.15, 0.2) is 30.5 Å². The molecule has 2 N–H and O–H groups in total. The van der Waals surface area contributed by atoms with Crippen LogP contribution in [0.3, 0.4) is 0 Å². The first kappa shape index (κ1) is 20.9. The maximum absolute atomic E-state index is 5.51. The van der Waals surface area contributed by atoms with E-state index in [0.717, 1.165) is 48.8 Å². The fourth-order valence-corrected chi connectivity index (χ4v) is 3.63. The fourth-order valence-electron chi connectivity index (χ4n) is 3.63. The van der Waals surface area contributed by atoms with Gasteiger partial charge in [-0.05, 0) is 44.9 Å². The predicted octanol–water partition coefficient (Wildman–Crippen LogP) is 4.15. The fraction of sp³-hybridized carbons (Fsp3) is 0.409. The summed E-state index contributed by atoms with van der Waals surface area (Å²) in [5, 5.41) is 11.4. The number of aromatic nitrogens is 4. The first-order valence-electron chi connectivity index (χ1n) is 10.3. The van der Waals surface area contributed by atoms with Crippen LogP contribution in [0.1, 0.15) is 30.1 Å². The molecule has 0 atom stereocenters. The van der Waals surface area contributed by atoms with E-state index in [1.54, 1.807) is 20.4 Å². The summed E-state index contributed by atoms with van der Waals surface area (Å²) in [6.07, 6.45) is 3.62. The maximum atomic E-state index is 5.51. The highest BCUT2D eigenvalue weighted by Gasteiger charge is 2.22. The van der Waals surface area contributed by atoms with E-state index in [9.17, 15) is 0 Å². The highest BCUT2D eigenvalue weighted by atomic mass is 16.5. The van der Waals surface area contributed by atoms with Gasteiger partial charge in [0.1, 0.15) is 11.6 Å². The predicted molar refractivity (Wildman–Crippen MR) is 119 cm³/mol. The lowest BCUT2D eigenvalue weighted by molar-refractivity contribution is 0.0668. The molecule has 4 rings (SSSR count). The van der Waals surface area contributed by atoms with E-state index in [1.165, 1.54) is 0 Å². The van der Waals surface area contributed by atoms with Gasteiger partial charge in [-0.3, -0.25) is 0 Å². The van der Waals surface area contributed by atoms with Crippen molar-refractivity contribution in [2.24, 2.45) is 0 Å². The minimum absolute atomic E-state index is 0.315. The minimum Gasteiger partial charge on any atom is -0.493 e. The van der Waals surface area contributed by atoms with Gasteiger partial charge in [-0.25, -0.2) is 9.67 Å². The normalized spacial score (nSPS) is 14.3. The van der Waals surface area contributed by atoms with Crippen LogP contribution in [0.5, 0.6) is 11.5 Å². The van der Waals surface area contributed by atoms with Crippen molar-refractivity contribution < 1.29 is 14.2 Å². The SMILES string of the molecule is COc1ccc(Nc2nccc(Nc3c(C)c(C)nn3C3CCOCC3)n2)cc1OC. The van der Waals surface area contributed by atoms with E-state index in [1.807, 2.05) is 31.2 Å². The van der Waals surface area contributed by atoms with Crippen LogP contribution in [-0.2, 0) is 4.74 Å². The van der Waals surface area contributed by atoms with Gasteiger partial charge in [-0.2, -0.15) is 10.1 Å². The second-order valence-corrected chi connectivity index (χ2v) is 7.43. The van der Waals surface area contributed by atoms with Gasteiger partial charge < -0.3 is 24.8 Å². The van der Waals surface area contributed by atoms with Crippen molar-refractivity contribution in [2.45, 2.75) is 32.7 Å². The van der Waals surface area contributed by atoms with Crippen molar-refractivity contribution in [1.29, 1.82) is 0 Å². The third-order valence-electron chi connectivity index (χ3n) is 5.46. The number of rotatable bonds is 7. The first-order valence-corrected chi connectivity index (χ1v) is 10.3. The van der Waals surface area contributed by atoms with Crippen LogP contribution in [0, 0.1) is 13.8 Å². The molecule has 2 aromatic heterocycles. The Balaban J connectivity index is 1.56. The summed E-state index contributed by atoms with van der Waals surface area (Å²) in [4.78, 5) is 8.97. The Morgan fingerprint density at radius 3 is 2.55 bits per heavy atom. The highest BCUT2D eigenvalue weighted by Crippen LogP contribution is 2.32. The van der Waals surface area contributed by atoms with Gasteiger partial charge in [0, 0.05) is 36.7 Å². The number of aryl methyl sites for hydroxylation is 1. The van der Waals surface area contributed by atoms with Crippen LogP contribution in [0.4, 0.5) is 23.3 Å². The first-order chi connectivity index (χ1) is 15.1. The summed E-state index contributed by atoms with van der Waals surface area (Å²) in [7, 11) is 3.21. The van der Waals surface area contributed by atoms with E-state index < -0.39 is 0 Å². The molecule has 0 aliphatic carbocycles. The summed E-state index contributed by atoms with van der Waals surface area (Å²) < 4.78 is 18.3. The zero-order chi connectivity index (χ0) is 21.8. The monoisotopic (exact) mass is 424 g/mol. The summed E-state index contributed by atoms with van der Waals surface area (Å²) in [5.41, 5.74) is 2.92.